The van der Waals surface area contributed by atoms with Crippen LogP contribution in [0.5, 0.6) is 0 Å². The number of nitrogens with one attached hydrogen (secondary N) is 1. The van der Waals surface area contributed by atoms with Gasteiger partial charge in [-0.05, 0) is 41.1 Å². The predicted molar refractivity (Wildman–Crippen MR) is 87.2 cm³/mol. The van der Waals surface area contributed by atoms with E-state index in [1.54, 1.807) is 11.3 Å². The number of fused-ring (bicyclic) bond motifs is 1. The molecule has 0 saturated heterocycles. The molecular weight excluding hydrogens is 280 g/mol. The highest BCUT2D eigenvalue weighted by molar-refractivity contribution is 7.17. The molecule has 0 amide bonds. The van der Waals surface area contributed by atoms with Crippen LogP contribution in [0.1, 0.15) is 29.7 Å². The van der Waals surface area contributed by atoms with Gasteiger partial charge in [0.05, 0.1) is 16.8 Å². The Hall–Kier alpha value is -1.75. The Balaban J connectivity index is 1.69. The number of hydrogen-bond acceptors (Lipinski definition) is 4. The van der Waals surface area contributed by atoms with Gasteiger partial charge in [0.25, 0.3) is 0 Å². The molecule has 108 valence electrons. The molecule has 0 aliphatic heterocycles. The van der Waals surface area contributed by atoms with Crippen molar-refractivity contribution in [3.63, 3.8) is 0 Å². The summed E-state index contributed by atoms with van der Waals surface area (Å²) in [4.78, 5) is 4.48. The van der Waals surface area contributed by atoms with Gasteiger partial charge in [0, 0.05) is 18.8 Å². The fraction of sp³-hybridized carbons (Fsp3) is 0.235. The number of benzene rings is 1. The van der Waals surface area contributed by atoms with E-state index in [4.69, 9.17) is 0 Å². The molecule has 1 unspecified atom stereocenters. The first-order chi connectivity index (χ1) is 10.3. The van der Waals surface area contributed by atoms with Crippen molar-refractivity contribution in [2.45, 2.75) is 26.1 Å². The van der Waals surface area contributed by atoms with Gasteiger partial charge in [0.1, 0.15) is 0 Å². The average Bonchev–Trinajstić information content (AvgIpc) is 3.00. The lowest BCUT2D eigenvalue weighted by molar-refractivity contribution is 0.281. The SMILES string of the molecule is CC(NCc1cccc(CO)c1)c1cnc2ccsc2c1. The molecule has 0 fully saturated rings. The van der Waals surface area contributed by atoms with Gasteiger partial charge in [0.15, 0.2) is 0 Å². The molecule has 0 spiro atoms. The molecule has 0 aliphatic carbocycles. The third-order valence-electron chi connectivity index (χ3n) is 3.61. The summed E-state index contributed by atoms with van der Waals surface area (Å²) in [6.07, 6.45) is 1.94. The second-order valence-electron chi connectivity index (χ2n) is 5.15. The standard InChI is InChI=1S/C17H18N2OS/c1-12(15-8-17-16(19-10-15)5-6-21-17)18-9-13-3-2-4-14(7-13)11-20/h2-8,10,12,18,20H,9,11H2,1H3. The number of aliphatic hydroxyl groups excluding tert-OH is 1. The summed E-state index contributed by atoms with van der Waals surface area (Å²) in [5.74, 6) is 0. The summed E-state index contributed by atoms with van der Waals surface area (Å²) in [6.45, 7) is 3.01. The molecule has 3 rings (SSSR count). The van der Waals surface area contributed by atoms with Crippen LogP contribution in [-0.2, 0) is 13.2 Å². The molecule has 0 radical (unpaired) electrons. The fourth-order valence-corrected chi connectivity index (χ4v) is 3.11. The Kier molecular flexibility index (Phi) is 4.29. The lowest BCUT2D eigenvalue weighted by Crippen LogP contribution is -2.18. The maximum atomic E-state index is 9.17. The van der Waals surface area contributed by atoms with Crippen LogP contribution in [0, 0.1) is 0 Å². The summed E-state index contributed by atoms with van der Waals surface area (Å²) < 4.78 is 1.23. The van der Waals surface area contributed by atoms with Gasteiger partial charge in [-0.2, -0.15) is 0 Å². The topological polar surface area (TPSA) is 45.1 Å². The monoisotopic (exact) mass is 298 g/mol. The molecule has 3 aromatic rings. The van der Waals surface area contributed by atoms with Crippen LogP contribution in [0.2, 0.25) is 0 Å². The third kappa shape index (κ3) is 3.29. The zero-order valence-electron chi connectivity index (χ0n) is 11.9. The first-order valence-electron chi connectivity index (χ1n) is 7.01. The molecule has 0 bridgehead atoms. The van der Waals surface area contributed by atoms with Crippen LogP contribution >= 0.6 is 11.3 Å². The Morgan fingerprint density at radius 1 is 1.24 bits per heavy atom. The Bertz CT molecular complexity index is 738. The zero-order valence-corrected chi connectivity index (χ0v) is 12.7. The Labute approximate surface area is 128 Å². The highest BCUT2D eigenvalue weighted by Crippen LogP contribution is 2.22. The van der Waals surface area contributed by atoms with E-state index in [1.165, 1.54) is 15.8 Å². The first-order valence-corrected chi connectivity index (χ1v) is 7.89. The number of aromatic nitrogens is 1. The third-order valence-corrected chi connectivity index (χ3v) is 4.46. The van der Waals surface area contributed by atoms with E-state index in [-0.39, 0.29) is 12.6 Å². The van der Waals surface area contributed by atoms with E-state index < -0.39 is 0 Å². The van der Waals surface area contributed by atoms with Crippen molar-refractivity contribution >= 4 is 21.6 Å². The molecule has 0 aliphatic rings. The average molecular weight is 298 g/mol. The molecule has 21 heavy (non-hydrogen) atoms. The van der Waals surface area contributed by atoms with E-state index in [0.717, 1.165) is 17.6 Å². The molecule has 4 heteroatoms. The quantitative estimate of drug-likeness (QED) is 0.756. The van der Waals surface area contributed by atoms with Gasteiger partial charge in [-0.1, -0.05) is 24.3 Å². The maximum absolute atomic E-state index is 9.17. The minimum absolute atomic E-state index is 0.0857. The highest BCUT2D eigenvalue weighted by Gasteiger charge is 2.07. The van der Waals surface area contributed by atoms with Gasteiger partial charge in [-0.15, -0.1) is 11.3 Å². The predicted octanol–water partition coefficient (Wildman–Crippen LogP) is 3.64. The molecule has 1 atom stereocenters. The lowest BCUT2D eigenvalue weighted by atomic mass is 10.1. The van der Waals surface area contributed by atoms with Crippen molar-refractivity contribution in [2.75, 3.05) is 0 Å². The number of hydrogen-bond donors (Lipinski definition) is 2. The van der Waals surface area contributed by atoms with Crippen molar-refractivity contribution in [2.24, 2.45) is 0 Å². The van der Waals surface area contributed by atoms with E-state index in [9.17, 15) is 5.11 Å². The number of nitrogens with zero attached hydrogens (tertiary/aromatic N) is 1. The molecule has 3 nitrogen and oxygen atoms in total. The highest BCUT2D eigenvalue weighted by atomic mass is 32.1. The largest absolute Gasteiger partial charge is 0.392 e. The van der Waals surface area contributed by atoms with Gasteiger partial charge in [0.2, 0.25) is 0 Å². The van der Waals surface area contributed by atoms with E-state index in [0.29, 0.717) is 0 Å². The summed E-state index contributed by atoms with van der Waals surface area (Å²) in [5.41, 5.74) is 4.39. The van der Waals surface area contributed by atoms with Crippen molar-refractivity contribution in [3.8, 4) is 0 Å². The van der Waals surface area contributed by atoms with E-state index in [1.807, 2.05) is 30.5 Å². The van der Waals surface area contributed by atoms with Gasteiger partial charge in [-0.3, -0.25) is 4.98 Å². The van der Waals surface area contributed by atoms with Gasteiger partial charge in [-0.25, -0.2) is 0 Å². The van der Waals surface area contributed by atoms with E-state index in [2.05, 4.69) is 34.7 Å². The number of rotatable bonds is 5. The summed E-state index contributed by atoms with van der Waals surface area (Å²) in [5, 5.41) is 14.7. The second-order valence-corrected chi connectivity index (χ2v) is 6.10. The smallest absolute Gasteiger partial charge is 0.0809 e. The van der Waals surface area contributed by atoms with Gasteiger partial charge < -0.3 is 10.4 Å². The summed E-state index contributed by atoms with van der Waals surface area (Å²) in [7, 11) is 0. The Morgan fingerprint density at radius 2 is 2.10 bits per heavy atom. The second kappa shape index (κ2) is 6.35. The molecule has 0 saturated carbocycles. The number of pyridine rings is 1. The van der Waals surface area contributed by atoms with Crippen LogP contribution in [0.3, 0.4) is 0 Å². The lowest BCUT2D eigenvalue weighted by Gasteiger charge is -2.14. The first kappa shape index (κ1) is 14.2. The molecule has 2 N–H and O–H groups in total. The van der Waals surface area contributed by atoms with Crippen LogP contribution < -0.4 is 5.32 Å². The number of aliphatic hydroxyl groups is 1. The van der Waals surface area contributed by atoms with E-state index >= 15 is 0 Å². The Morgan fingerprint density at radius 3 is 2.95 bits per heavy atom. The maximum Gasteiger partial charge on any atom is 0.0809 e. The van der Waals surface area contributed by atoms with Crippen LogP contribution in [-0.4, -0.2) is 10.1 Å². The van der Waals surface area contributed by atoms with Crippen LogP contribution in [0.15, 0.2) is 48.0 Å². The van der Waals surface area contributed by atoms with Crippen LogP contribution in [0.25, 0.3) is 10.2 Å². The van der Waals surface area contributed by atoms with Crippen LogP contribution in [0.4, 0.5) is 0 Å². The van der Waals surface area contributed by atoms with Crippen molar-refractivity contribution in [1.29, 1.82) is 0 Å². The summed E-state index contributed by atoms with van der Waals surface area (Å²) >= 11 is 1.72. The number of thiophene rings is 1. The molecule has 2 aromatic heterocycles. The molecular formula is C17H18N2OS. The molecule has 2 heterocycles. The molecule has 1 aromatic carbocycles. The normalized spacial score (nSPS) is 12.7. The minimum atomic E-state index is 0.0857. The van der Waals surface area contributed by atoms with Gasteiger partial charge >= 0.3 is 0 Å². The zero-order chi connectivity index (χ0) is 14.7. The van der Waals surface area contributed by atoms with Crippen molar-refractivity contribution in [1.82, 2.24) is 10.3 Å². The van der Waals surface area contributed by atoms with Crippen molar-refractivity contribution in [3.05, 3.63) is 64.7 Å². The minimum Gasteiger partial charge on any atom is -0.392 e. The fourth-order valence-electron chi connectivity index (χ4n) is 2.33. The summed E-state index contributed by atoms with van der Waals surface area (Å²) in [6, 6.07) is 12.5. The van der Waals surface area contributed by atoms with Crippen molar-refractivity contribution < 1.29 is 5.11 Å².